The lowest BCUT2D eigenvalue weighted by molar-refractivity contribution is -0.119. The molecule has 3 heteroatoms. The Hall–Kier alpha value is -1.90. The molecule has 1 heterocycles. The normalized spacial score (nSPS) is 16.7. The van der Waals surface area contributed by atoms with Crippen molar-refractivity contribution in [3.05, 3.63) is 42.0 Å². The van der Waals surface area contributed by atoms with Gasteiger partial charge in [0.05, 0.1) is 5.69 Å². The summed E-state index contributed by atoms with van der Waals surface area (Å²) < 4.78 is 0. The van der Waals surface area contributed by atoms with Gasteiger partial charge in [-0.1, -0.05) is 26.0 Å². The number of imide groups is 1. The molecular weight excluding hydrogens is 214 g/mol. The summed E-state index contributed by atoms with van der Waals surface area (Å²) in [6, 6.07) is 7.60. The zero-order valence-electron chi connectivity index (χ0n) is 10.0. The second-order valence-corrected chi connectivity index (χ2v) is 4.25. The Morgan fingerprint density at radius 3 is 2.06 bits per heavy atom. The lowest BCUT2D eigenvalue weighted by Gasteiger charge is -2.15. The van der Waals surface area contributed by atoms with Crippen molar-refractivity contribution in [1.29, 1.82) is 0 Å². The molecule has 1 aliphatic heterocycles. The van der Waals surface area contributed by atoms with E-state index in [2.05, 4.69) is 13.8 Å². The molecule has 2 amide bonds. The first-order chi connectivity index (χ1) is 8.13. The van der Waals surface area contributed by atoms with Gasteiger partial charge in [-0.05, 0) is 30.0 Å². The van der Waals surface area contributed by atoms with Crippen molar-refractivity contribution in [2.24, 2.45) is 0 Å². The Morgan fingerprint density at radius 2 is 1.59 bits per heavy atom. The van der Waals surface area contributed by atoms with Gasteiger partial charge in [-0.25, -0.2) is 4.90 Å². The number of nitrogens with zero attached hydrogens (tertiary/aromatic N) is 1. The smallest absolute Gasteiger partial charge is 0.258 e. The fraction of sp³-hybridized carbons (Fsp3) is 0.286. The number of hydrogen-bond acceptors (Lipinski definition) is 2. The van der Waals surface area contributed by atoms with Crippen molar-refractivity contribution in [1.82, 2.24) is 0 Å². The van der Waals surface area contributed by atoms with Crippen LogP contribution in [0.1, 0.15) is 31.7 Å². The average Bonchev–Trinajstić information content (AvgIpc) is 2.68. The van der Waals surface area contributed by atoms with Crippen LogP contribution < -0.4 is 4.90 Å². The number of anilines is 1. The zero-order chi connectivity index (χ0) is 12.4. The molecule has 0 radical (unpaired) electrons. The van der Waals surface area contributed by atoms with Gasteiger partial charge in [0.15, 0.2) is 0 Å². The summed E-state index contributed by atoms with van der Waals surface area (Å²) >= 11 is 0. The highest BCUT2D eigenvalue weighted by Gasteiger charge is 2.24. The Bertz CT molecular complexity index is 456. The van der Waals surface area contributed by atoms with Gasteiger partial charge in [0.25, 0.3) is 11.8 Å². The van der Waals surface area contributed by atoms with Crippen LogP contribution in [-0.4, -0.2) is 11.8 Å². The summed E-state index contributed by atoms with van der Waals surface area (Å²) in [6.45, 7) is 4.29. The van der Waals surface area contributed by atoms with Crippen LogP contribution in [0.5, 0.6) is 0 Å². The van der Waals surface area contributed by atoms with E-state index in [1.54, 1.807) is 0 Å². The van der Waals surface area contributed by atoms with Crippen molar-refractivity contribution < 1.29 is 9.59 Å². The zero-order valence-corrected chi connectivity index (χ0v) is 10.0. The van der Waals surface area contributed by atoms with E-state index in [0.717, 1.165) is 6.42 Å². The maximum atomic E-state index is 11.5. The Labute approximate surface area is 101 Å². The van der Waals surface area contributed by atoms with Gasteiger partial charge >= 0.3 is 0 Å². The molecule has 0 fully saturated rings. The molecule has 0 unspecified atom stereocenters. The van der Waals surface area contributed by atoms with E-state index in [1.165, 1.54) is 22.6 Å². The number of rotatable bonds is 3. The standard InChI is InChI=1S/C14H15NO2/c1-3-10(2)11-4-6-12(7-5-11)15-13(16)8-9-14(15)17/h4-10H,3H2,1-2H3/t10-/m1/s1. The second-order valence-electron chi connectivity index (χ2n) is 4.25. The first-order valence-corrected chi connectivity index (χ1v) is 5.79. The van der Waals surface area contributed by atoms with Crippen LogP contribution in [0.25, 0.3) is 0 Å². The van der Waals surface area contributed by atoms with E-state index >= 15 is 0 Å². The number of benzene rings is 1. The summed E-state index contributed by atoms with van der Waals surface area (Å²) in [5.74, 6) is -0.0512. The van der Waals surface area contributed by atoms with Gasteiger partial charge in [0, 0.05) is 12.2 Å². The molecule has 0 saturated heterocycles. The van der Waals surface area contributed by atoms with Gasteiger partial charge in [0.1, 0.15) is 0 Å². The van der Waals surface area contributed by atoms with Crippen LogP contribution in [-0.2, 0) is 9.59 Å². The lowest BCUT2D eigenvalue weighted by atomic mass is 9.98. The Kier molecular flexibility index (Phi) is 3.09. The fourth-order valence-electron chi connectivity index (χ4n) is 1.84. The van der Waals surface area contributed by atoms with Crippen LogP contribution in [0.15, 0.2) is 36.4 Å². The van der Waals surface area contributed by atoms with E-state index < -0.39 is 0 Å². The molecule has 1 aromatic rings. The lowest BCUT2D eigenvalue weighted by Crippen LogP contribution is -2.29. The fourth-order valence-corrected chi connectivity index (χ4v) is 1.84. The van der Waals surface area contributed by atoms with Crippen molar-refractivity contribution in [2.75, 3.05) is 4.90 Å². The molecular formula is C14H15NO2. The van der Waals surface area contributed by atoms with Gasteiger partial charge < -0.3 is 0 Å². The minimum atomic E-state index is -0.272. The highest BCUT2D eigenvalue weighted by molar-refractivity contribution is 6.28. The third-order valence-corrected chi connectivity index (χ3v) is 3.14. The highest BCUT2D eigenvalue weighted by atomic mass is 16.2. The molecule has 2 rings (SSSR count). The predicted octanol–water partition coefficient (Wildman–Crippen LogP) is 2.63. The average molecular weight is 229 g/mol. The molecule has 0 aliphatic carbocycles. The molecule has 1 aromatic carbocycles. The van der Waals surface area contributed by atoms with Crippen LogP contribution in [0, 0.1) is 0 Å². The Balaban J connectivity index is 2.24. The van der Waals surface area contributed by atoms with E-state index in [4.69, 9.17) is 0 Å². The maximum absolute atomic E-state index is 11.5. The molecule has 1 atom stereocenters. The number of amides is 2. The topological polar surface area (TPSA) is 37.4 Å². The molecule has 3 nitrogen and oxygen atoms in total. The largest absolute Gasteiger partial charge is 0.269 e. The first-order valence-electron chi connectivity index (χ1n) is 5.79. The third-order valence-electron chi connectivity index (χ3n) is 3.14. The van der Waals surface area contributed by atoms with Crippen molar-refractivity contribution >= 4 is 17.5 Å². The molecule has 0 spiro atoms. The summed E-state index contributed by atoms with van der Waals surface area (Å²) in [7, 11) is 0. The van der Waals surface area contributed by atoms with Crippen LogP contribution in [0.3, 0.4) is 0 Å². The van der Waals surface area contributed by atoms with E-state index in [-0.39, 0.29) is 11.8 Å². The van der Waals surface area contributed by atoms with Gasteiger partial charge in [0.2, 0.25) is 0 Å². The van der Waals surface area contributed by atoms with Crippen molar-refractivity contribution in [3.8, 4) is 0 Å². The minimum absolute atomic E-state index is 0.272. The van der Waals surface area contributed by atoms with Gasteiger partial charge in [-0.2, -0.15) is 0 Å². The molecule has 0 saturated carbocycles. The number of carbonyl (C=O) groups excluding carboxylic acids is 2. The van der Waals surface area contributed by atoms with Crippen LogP contribution >= 0.6 is 0 Å². The van der Waals surface area contributed by atoms with E-state index in [1.807, 2.05) is 24.3 Å². The molecule has 0 bridgehead atoms. The summed E-state index contributed by atoms with van der Waals surface area (Å²) in [6.07, 6.45) is 3.66. The number of carbonyl (C=O) groups is 2. The highest BCUT2D eigenvalue weighted by Crippen LogP contribution is 2.24. The van der Waals surface area contributed by atoms with Crippen LogP contribution in [0.2, 0.25) is 0 Å². The molecule has 0 aromatic heterocycles. The van der Waals surface area contributed by atoms with Gasteiger partial charge in [-0.15, -0.1) is 0 Å². The SMILES string of the molecule is CC[C@@H](C)c1ccc(N2C(=O)C=CC2=O)cc1. The molecule has 0 N–H and O–H groups in total. The summed E-state index contributed by atoms with van der Waals surface area (Å²) in [5.41, 5.74) is 1.86. The number of hydrogen-bond donors (Lipinski definition) is 0. The monoisotopic (exact) mass is 229 g/mol. The third kappa shape index (κ3) is 2.13. The molecule has 17 heavy (non-hydrogen) atoms. The molecule has 1 aliphatic rings. The summed E-state index contributed by atoms with van der Waals surface area (Å²) in [4.78, 5) is 24.1. The minimum Gasteiger partial charge on any atom is -0.269 e. The quantitative estimate of drug-likeness (QED) is 0.747. The van der Waals surface area contributed by atoms with Crippen molar-refractivity contribution in [3.63, 3.8) is 0 Å². The van der Waals surface area contributed by atoms with Crippen molar-refractivity contribution in [2.45, 2.75) is 26.2 Å². The second kappa shape index (κ2) is 4.53. The van der Waals surface area contributed by atoms with E-state index in [0.29, 0.717) is 11.6 Å². The van der Waals surface area contributed by atoms with Gasteiger partial charge in [-0.3, -0.25) is 9.59 Å². The van der Waals surface area contributed by atoms with Crippen LogP contribution in [0.4, 0.5) is 5.69 Å². The Morgan fingerprint density at radius 1 is 1.06 bits per heavy atom. The summed E-state index contributed by atoms with van der Waals surface area (Å²) in [5, 5.41) is 0. The maximum Gasteiger partial charge on any atom is 0.258 e. The first kappa shape index (κ1) is 11.6. The predicted molar refractivity (Wildman–Crippen MR) is 66.8 cm³/mol. The molecule has 88 valence electrons. The van der Waals surface area contributed by atoms with E-state index in [9.17, 15) is 9.59 Å².